The summed E-state index contributed by atoms with van der Waals surface area (Å²) < 4.78 is 2.10. The number of phenols is 1. The number of phenolic OH excluding ortho intramolecular Hbond substituents is 1. The second kappa shape index (κ2) is 7.95. The van der Waals surface area contributed by atoms with E-state index in [4.69, 9.17) is 5.11 Å². The Labute approximate surface area is 190 Å². The monoisotopic (exact) mass is 447 g/mol. The fourth-order valence-electron chi connectivity index (χ4n) is 5.05. The molecule has 1 unspecified atom stereocenters. The van der Waals surface area contributed by atoms with E-state index in [0.717, 1.165) is 34.1 Å². The summed E-state index contributed by atoms with van der Waals surface area (Å²) in [5, 5.41) is 20.2. The number of aromatic carboxylic acids is 1. The smallest absolute Gasteiger partial charge is 0.335 e. The molecule has 33 heavy (non-hydrogen) atoms. The van der Waals surface area contributed by atoms with Crippen molar-refractivity contribution in [2.24, 2.45) is 0 Å². The first-order chi connectivity index (χ1) is 15.9. The zero-order chi connectivity index (χ0) is 23.3. The molecule has 0 bridgehead atoms. The molecule has 2 N–H and O–H groups in total. The largest absolute Gasteiger partial charge is 0.508 e. The average Bonchev–Trinajstić information content (AvgIpc) is 3.09. The number of carboxylic acids is 1. The first-order valence-electron chi connectivity index (χ1n) is 11.1. The van der Waals surface area contributed by atoms with Crippen molar-refractivity contribution in [3.05, 3.63) is 64.8 Å². The Hall–Kier alpha value is -3.81. The predicted molar refractivity (Wildman–Crippen MR) is 121 cm³/mol. The van der Waals surface area contributed by atoms with Gasteiger partial charge in [0.25, 0.3) is 0 Å². The summed E-state index contributed by atoms with van der Waals surface area (Å²) >= 11 is 0. The quantitative estimate of drug-likeness (QED) is 0.626. The number of hydrogen-bond donors (Lipinski definition) is 2. The molecule has 0 aliphatic carbocycles. The summed E-state index contributed by atoms with van der Waals surface area (Å²) in [5.74, 6) is -0.900. The molecule has 1 atom stereocenters. The molecule has 170 valence electrons. The highest BCUT2D eigenvalue weighted by Crippen LogP contribution is 2.37. The number of amides is 2. The van der Waals surface area contributed by atoms with Crippen LogP contribution in [-0.2, 0) is 29.1 Å². The van der Waals surface area contributed by atoms with Gasteiger partial charge in [0.1, 0.15) is 11.8 Å². The van der Waals surface area contributed by atoms with Crippen LogP contribution < -0.4 is 0 Å². The summed E-state index contributed by atoms with van der Waals surface area (Å²) in [6, 6.07) is 11.4. The van der Waals surface area contributed by atoms with Crippen molar-refractivity contribution in [1.29, 1.82) is 0 Å². The first kappa shape index (κ1) is 21.1. The number of aromatic hydroxyl groups is 1. The van der Waals surface area contributed by atoms with E-state index < -0.39 is 12.0 Å². The molecule has 0 saturated carbocycles. The SMILES string of the molecule is CCCN1CC(=O)N2Cc3c(c4cc(O)ccc4n3Cc3ccc(C(=O)O)cc3)CC2C1=O. The summed E-state index contributed by atoms with van der Waals surface area (Å²) in [6.07, 6.45) is 1.20. The topological polar surface area (TPSA) is 103 Å². The Morgan fingerprint density at radius 3 is 2.55 bits per heavy atom. The summed E-state index contributed by atoms with van der Waals surface area (Å²) in [4.78, 5) is 40.6. The number of benzene rings is 2. The van der Waals surface area contributed by atoms with E-state index in [-0.39, 0.29) is 29.7 Å². The van der Waals surface area contributed by atoms with Crippen molar-refractivity contribution in [3.63, 3.8) is 0 Å². The lowest BCUT2D eigenvalue weighted by Gasteiger charge is -2.43. The van der Waals surface area contributed by atoms with E-state index >= 15 is 0 Å². The highest BCUT2D eigenvalue weighted by molar-refractivity contribution is 5.97. The molecule has 1 aromatic heterocycles. The zero-order valence-corrected chi connectivity index (χ0v) is 18.3. The molecular formula is C25H25N3O5. The number of aromatic nitrogens is 1. The first-order valence-corrected chi connectivity index (χ1v) is 11.1. The van der Waals surface area contributed by atoms with Crippen LogP contribution in [-0.4, -0.2) is 61.5 Å². The third-order valence-corrected chi connectivity index (χ3v) is 6.64. The molecule has 0 spiro atoms. The second-order valence-electron chi connectivity index (χ2n) is 8.72. The number of nitrogens with zero attached hydrogens (tertiary/aromatic N) is 3. The predicted octanol–water partition coefficient (Wildman–Crippen LogP) is 2.60. The Kier molecular flexibility index (Phi) is 5.08. The Morgan fingerprint density at radius 2 is 1.85 bits per heavy atom. The van der Waals surface area contributed by atoms with Gasteiger partial charge < -0.3 is 24.6 Å². The standard InChI is InChI=1S/C25H25N3O5/c1-2-9-26-14-23(30)28-13-22-19(11-21(28)24(26)31)18-10-17(29)7-8-20(18)27(22)12-15-3-5-16(6-4-15)25(32)33/h3-8,10,21,29H,2,9,11-14H2,1H3,(H,32,33). The van der Waals surface area contributed by atoms with Crippen molar-refractivity contribution in [1.82, 2.24) is 14.4 Å². The molecular weight excluding hydrogens is 422 g/mol. The minimum Gasteiger partial charge on any atom is -0.508 e. The van der Waals surface area contributed by atoms with Crippen LogP contribution in [0.15, 0.2) is 42.5 Å². The van der Waals surface area contributed by atoms with E-state index in [1.165, 1.54) is 0 Å². The number of carbonyl (C=O) groups is 3. The number of hydrogen-bond acceptors (Lipinski definition) is 4. The van der Waals surface area contributed by atoms with E-state index in [1.807, 2.05) is 13.0 Å². The van der Waals surface area contributed by atoms with E-state index in [2.05, 4.69) is 4.57 Å². The summed E-state index contributed by atoms with van der Waals surface area (Å²) in [6.45, 7) is 3.47. The molecule has 2 aromatic carbocycles. The molecule has 0 radical (unpaired) electrons. The third-order valence-electron chi connectivity index (χ3n) is 6.64. The van der Waals surface area contributed by atoms with Crippen molar-refractivity contribution < 1.29 is 24.6 Å². The van der Waals surface area contributed by atoms with Gasteiger partial charge in [-0.3, -0.25) is 9.59 Å². The van der Waals surface area contributed by atoms with Crippen LogP contribution in [0.25, 0.3) is 10.9 Å². The van der Waals surface area contributed by atoms with Gasteiger partial charge in [-0.1, -0.05) is 19.1 Å². The maximum atomic E-state index is 13.1. The summed E-state index contributed by atoms with van der Waals surface area (Å²) in [7, 11) is 0. The molecule has 3 aromatic rings. The van der Waals surface area contributed by atoms with Gasteiger partial charge in [0.05, 0.1) is 18.7 Å². The fourth-order valence-corrected chi connectivity index (χ4v) is 5.05. The molecule has 2 aliphatic heterocycles. The highest BCUT2D eigenvalue weighted by Gasteiger charge is 2.43. The van der Waals surface area contributed by atoms with Gasteiger partial charge in [-0.2, -0.15) is 0 Å². The Balaban J connectivity index is 1.58. The van der Waals surface area contributed by atoms with Gasteiger partial charge in [0, 0.05) is 36.1 Å². The molecule has 3 heterocycles. The fraction of sp³-hybridized carbons (Fsp3) is 0.320. The Bertz CT molecular complexity index is 1280. The number of rotatable bonds is 5. The van der Waals surface area contributed by atoms with Gasteiger partial charge in [-0.15, -0.1) is 0 Å². The maximum Gasteiger partial charge on any atom is 0.335 e. The van der Waals surface area contributed by atoms with Crippen molar-refractivity contribution >= 4 is 28.7 Å². The minimum atomic E-state index is -0.975. The van der Waals surface area contributed by atoms with Crippen LogP contribution >= 0.6 is 0 Å². The molecule has 5 rings (SSSR count). The average molecular weight is 447 g/mol. The molecule has 8 nitrogen and oxygen atoms in total. The van der Waals surface area contributed by atoms with Gasteiger partial charge in [0.15, 0.2) is 0 Å². The number of carbonyl (C=O) groups excluding carboxylic acids is 2. The molecule has 8 heteroatoms. The van der Waals surface area contributed by atoms with Crippen LogP contribution in [0.3, 0.4) is 0 Å². The lowest BCUT2D eigenvalue weighted by atomic mass is 9.93. The lowest BCUT2D eigenvalue weighted by Crippen LogP contribution is -2.61. The molecule has 2 amide bonds. The van der Waals surface area contributed by atoms with Crippen molar-refractivity contribution in [3.8, 4) is 5.75 Å². The van der Waals surface area contributed by atoms with E-state index in [1.54, 1.807) is 46.2 Å². The van der Waals surface area contributed by atoms with Gasteiger partial charge in [0.2, 0.25) is 11.8 Å². The molecule has 1 fully saturated rings. The van der Waals surface area contributed by atoms with Crippen molar-refractivity contribution in [2.75, 3.05) is 13.1 Å². The van der Waals surface area contributed by atoms with E-state index in [9.17, 15) is 19.5 Å². The van der Waals surface area contributed by atoms with Crippen molar-refractivity contribution in [2.45, 2.75) is 38.9 Å². The highest BCUT2D eigenvalue weighted by atomic mass is 16.4. The minimum absolute atomic E-state index is 0.0209. The lowest BCUT2D eigenvalue weighted by molar-refractivity contribution is -0.157. The van der Waals surface area contributed by atoms with E-state index in [0.29, 0.717) is 26.1 Å². The number of carboxylic acid groups (broad SMARTS) is 1. The van der Waals surface area contributed by atoms with Gasteiger partial charge >= 0.3 is 5.97 Å². The zero-order valence-electron chi connectivity index (χ0n) is 18.3. The Morgan fingerprint density at radius 1 is 1.09 bits per heavy atom. The van der Waals surface area contributed by atoms with Crippen LogP contribution in [0.5, 0.6) is 5.75 Å². The van der Waals surface area contributed by atoms with Gasteiger partial charge in [-0.05, 0) is 47.9 Å². The normalized spacial score (nSPS) is 17.9. The molecule has 1 saturated heterocycles. The maximum absolute atomic E-state index is 13.1. The van der Waals surface area contributed by atoms with Gasteiger partial charge in [-0.25, -0.2) is 4.79 Å². The summed E-state index contributed by atoms with van der Waals surface area (Å²) in [5.41, 5.74) is 3.97. The van der Waals surface area contributed by atoms with Crippen LogP contribution in [0.2, 0.25) is 0 Å². The number of piperazine rings is 1. The van der Waals surface area contributed by atoms with Crippen LogP contribution in [0.1, 0.15) is 40.5 Å². The number of fused-ring (bicyclic) bond motifs is 4. The second-order valence-corrected chi connectivity index (χ2v) is 8.72. The molecule has 2 aliphatic rings. The van der Waals surface area contributed by atoms with Crippen LogP contribution in [0.4, 0.5) is 0 Å². The van der Waals surface area contributed by atoms with Crippen LogP contribution in [0, 0.1) is 0 Å². The third kappa shape index (κ3) is 3.51.